The van der Waals surface area contributed by atoms with E-state index in [9.17, 15) is 39.3 Å². The van der Waals surface area contributed by atoms with Crippen LogP contribution in [0.4, 0.5) is 4.79 Å². The Bertz CT molecular complexity index is 1730. The molecular weight excluding hydrogens is 610 g/mol. The molecule has 47 heavy (non-hydrogen) atoms. The molecule has 3 atom stereocenters. The molecule has 3 aromatic carbocycles. The maximum absolute atomic E-state index is 13.7. The van der Waals surface area contributed by atoms with E-state index in [0.29, 0.717) is 16.7 Å². The van der Waals surface area contributed by atoms with E-state index in [1.54, 1.807) is 60.7 Å². The molecule has 0 aliphatic carbocycles. The third kappa shape index (κ3) is 10.5. The Morgan fingerprint density at radius 2 is 1.17 bits per heavy atom. The van der Waals surface area contributed by atoms with Gasteiger partial charge in [-0.2, -0.15) is 0 Å². The summed E-state index contributed by atoms with van der Waals surface area (Å²) in [6.07, 6.45) is -0.290. The summed E-state index contributed by atoms with van der Waals surface area (Å²) in [4.78, 5) is 63.8. The molecule has 0 aliphatic rings. The van der Waals surface area contributed by atoms with Gasteiger partial charge in [0.15, 0.2) is 12.4 Å². The van der Waals surface area contributed by atoms with Gasteiger partial charge < -0.3 is 40.4 Å². The molecule has 244 valence electrons. The molecule has 13 nitrogen and oxygen atoms in total. The van der Waals surface area contributed by atoms with Crippen molar-refractivity contribution in [2.75, 3.05) is 0 Å². The normalized spacial score (nSPS) is 12.6. The zero-order valence-corrected chi connectivity index (χ0v) is 25.0. The fraction of sp³-hybridized carbons (Fsp3) is 0.206. The van der Waals surface area contributed by atoms with Gasteiger partial charge in [0.25, 0.3) is 0 Å². The molecule has 6 N–H and O–H groups in total. The fourth-order valence-corrected chi connectivity index (χ4v) is 4.57. The van der Waals surface area contributed by atoms with Crippen molar-refractivity contribution >= 4 is 23.9 Å². The van der Waals surface area contributed by atoms with E-state index in [1.165, 1.54) is 24.3 Å². The molecule has 4 rings (SSSR count). The van der Waals surface area contributed by atoms with Crippen molar-refractivity contribution < 1.29 is 43.7 Å². The van der Waals surface area contributed by atoms with E-state index >= 15 is 0 Å². The van der Waals surface area contributed by atoms with Crippen LogP contribution in [0, 0.1) is 0 Å². The molecular formula is C34H33N3O10. The molecule has 13 heteroatoms. The molecule has 0 radical (unpaired) electrons. The molecule has 0 unspecified atom stereocenters. The van der Waals surface area contributed by atoms with Gasteiger partial charge in [-0.3, -0.25) is 14.4 Å². The fourth-order valence-electron chi connectivity index (χ4n) is 4.57. The van der Waals surface area contributed by atoms with E-state index in [2.05, 4.69) is 16.0 Å². The number of phenolic OH excluding ortho intramolecular Hbond substituents is 1. The van der Waals surface area contributed by atoms with Crippen LogP contribution >= 0.6 is 0 Å². The average molecular weight is 644 g/mol. The third-order valence-corrected chi connectivity index (χ3v) is 7.01. The average Bonchev–Trinajstić information content (AvgIpc) is 3.06. The van der Waals surface area contributed by atoms with Crippen LogP contribution < -0.4 is 21.4 Å². The third-order valence-electron chi connectivity index (χ3n) is 7.01. The van der Waals surface area contributed by atoms with Crippen LogP contribution in [0.25, 0.3) is 0 Å². The van der Waals surface area contributed by atoms with Crippen LogP contribution in [0.2, 0.25) is 0 Å². The van der Waals surface area contributed by atoms with Gasteiger partial charge >= 0.3 is 12.1 Å². The summed E-state index contributed by atoms with van der Waals surface area (Å²) in [7, 11) is 0. The SMILES string of the molecule is O=C(N[C@@H](Cc1ccccc1)C(=O)N[C@@H](Cc1ccccc1)C(=O)N[C@@H](Cc1ccc(O)cc1)C(=O)O)OCc1cc(=O)c(O)co1. The van der Waals surface area contributed by atoms with Crippen LogP contribution in [-0.4, -0.2) is 57.3 Å². The van der Waals surface area contributed by atoms with Gasteiger partial charge in [0, 0.05) is 25.3 Å². The number of carbonyl (C=O) groups excluding carboxylic acids is 3. The summed E-state index contributed by atoms with van der Waals surface area (Å²) in [5, 5.41) is 36.4. The molecule has 0 fully saturated rings. The standard InChI is InChI=1S/C34H33N3O10/c38-24-13-11-23(12-14-24)17-28(33(43)44)36-31(41)26(15-21-7-3-1-4-8-21)35-32(42)27(16-22-9-5-2-6-10-22)37-34(45)47-19-25-18-29(39)30(40)20-46-25/h1-14,18,20,26-28,38,40H,15-17,19H2,(H,35,42)(H,36,41)(H,37,45)(H,43,44)/t26-,27-,28-/m0/s1. The number of rotatable bonds is 14. The maximum atomic E-state index is 13.7. The Morgan fingerprint density at radius 1 is 0.681 bits per heavy atom. The van der Waals surface area contributed by atoms with Crippen molar-refractivity contribution in [3.63, 3.8) is 0 Å². The summed E-state index contributed by atoms with van der Waals surface area (Å²) >= 11 is 0. The number of amides is 3. The number of ether oxygens (including phenoxy) is 1. The van der Waals surface area contributed by atoms with Gasteiger partial charge in [-0.1, -0.05) is 72.8 Å². The molecule has 0 spiro atoms. The van der Waals surface area contributed by atoms with E-state index < -0.39 is 59.8 Å². The summed E-state index contributed by atoms with van der Waals surface area (Å²) in [5.74, 6) is -3.47. The summed E-state index contributed by atoms with van der Waals surface area (Å²) < 4.78 is 10.2. The first kappa shape index (κ1) is 33.8. The second-order valence-electron chi connectivity index (χ2n) is 10.6. The van der Waals surface area contributed by atoms with Crippen molar-refractivity contribution in [2.45, 2.75) is 44.0 Å². The van der Waals surface area contributed by atoms with E-state index in [4.69, 9.17) is 9.15 Å². The highest BCUT2D eigenvalue weighted by atomic mass is 16.6. The largest absolute Gasteiger partial charge is 0.508 e. The molecule has 4 aromatic rings. The van der Waals surface area contributed by atoms with Gasteiger partial charge in [-0.15, -0.1) is 0 Å². The number of nitrogens with one attached hydrogen (secondary N) is 3. The van der Waals surface area contributed by atoms with Crippen LogP contribution in [0.15, 0.2) is 106 Å². The van der Waals surface area contributed by atoms with Crippen LogP contribution in [-0.2, 0) is 45.0 Å². The van der Waals surface area contributed by atoms with Crippen LogP contribution in [0.5, 0.6) is 11.5 Å². The summed E-state index contributed by atoms with van der Waals surface area (Å²) in [6.45, 7) is -0.475. The Kier molecular flexibility index (Phi) is 11.7. The first-order valence-electron chi connectivity index (χ1n) is 14.5. The topological polar surface area (TPSA) is 204 Å². The Balaban J connectivity index is 1.52. The predicted molar refractivity (Wildman–Crippen MR) is 167 cm³/mol. The Labute approximate surface area is 268 Å². The van der Waals surface area contributed by atoms with E-state index in [0.717, 1.165) is 12.3 Å². The summed E-state index contributed by atoms with van der Waals surface area (Å²) in [5.41, 5.74) is 1.19. The van der Waals surface area contributed by atoms with Crippen LogP contribution in [0.1, 0.15) is 22.5 Å². The quantitative estimate of drug-likeness (QED) is 0.118. The van der Waals surface area contributed by atoms with Gasteiger partial charge in [-0.25, -0.2) is 9.59 Å². The number of carboxylic acid groups (broad SMARTS) is 1. The van der Waals surface area contributed by atoms with Crippen molar-refractivity contribution in [1.29, 1.82) is 0 Å². The van der Waals surface area contributed by atoms with Gasteiger partial charge in [0.2, 0.25) is 17.2 Å². The second-order valence-corrected chi connectivity index (χ2v) is 10.6. The minimum Gasteiger partial charge on any atom is -0.508 e. The number of aromatic hydroxyl groups is 2. The Morgan fingerprint density at radius 3 is 1.70 bits per heavy atom. The van der Waals surface area contributed by atoms with E-state index in [1.807, 2.05) is 0 Å². The lowest BCUT2D eigenvalue weighted by atomic mass is 10.0. The molecule has 0 saturated carbocycles. The minimum atomic E-state index is -1.35. The maximum Gasteiger partial charge on any atom is 0.408 e. The van der Waals surface area contributed by atoms with E-state index in [-0.39, 0.29) is 30.8 Å². The molecule has 0 saturated heterocycles. The number of phenols is 1. The molecule has 1 aromatic heterocycles. The number of carbonyl (C=O) groups is 4. The molecule has 0 aliphatic heterocycles. The highest BCUT2D eigenvalue weighted by Gasteiger charge is 2.30. The van der Waals surface area contributed by atoms with Crippen molar-refractivity contribution in [2.24, 2.45) is 0 Å². The lowest BCUT2D eigenvalue weighted by Crippen LogP contribution is -2.57. The highest BCUT2D eigenvalue weighted by Crippen LogP contribution is 2.13. The van der Waals surface area contributed by atoms with Crippen molar-refractivity contribution in [3.05, 3.63) is 130 Å². The predicted octanol–water partition coefficient (Wildman–Crippen LogP) is 2.43. The van der Waals surface area contributed by atoms with Gasteiger partial charge in [0.1, 0.15) is 35.9 Å². The first-order chi connectivity index (χ1) is 22.6. The number of alkyl carbamates (subject to hydrolysis) is 1. The lowest BCUT2D eigenvalue weighted by Gasteiger charge is -2.25. The smallest absolute Gasteiger partial charge is 0.408 e. The lowest BCUT2D eigenvalue weighted by molar-refractivity contribution is -0.142. The number of hydrogen-bond donors (Lipinski definition) is 6. The van der Waals surface area contributed by atoms with Crippen molar-refractivity contribution in [1.82, 2.24) is 16.0 Å². The number of hydrogen-bond acceptors (Lipinski definition) is 9. The van der Waals surface area contributed by atoms with Crippen molar-refractivity contribution in [3.8, 4) is 11.5 Å². The number of aliphatic carboxylic acids is 1. The monoisotopic (exact) mass is 643 g/mol. The second kappa shape index (κ2) is 16.3. The number of carboxylic acids is 1. The Hall–Kier alpha value is -6.11. The molecule has 0 bridgehead atoms. The van der Waals surface area contributed by atoms with Gasteiger partial charge in [0.05, 0.1) is 0 Å². The zero-order valence-electron chi connectivity index (χ0n) is 25.0. The summed E-state index contributed by atoms with van der Waals surface area (Å²) in [6, 6.07) is 20.5. The first-order valence-corrected chi connectivity index (χ1v) is 14.5. The highest BCUT2D eigenvalue weighted by molar-refractivity contribution is 5.93. The molecule has 3 amide bonds. The zero-order chi connectivity index (χ0) is 33.8. The van der Waals surface area contributed by atoms with Crippen LogP contribution in [0.3, 0.4) is 0 Å². The number of benzene rings is 3. The molecule has 1 heterocycles. The minimum absolute atomic E-state index is 0.00444. The van der Waals surface area contributed by atoms with Gasteiger partial charge in [-0.05, 0) is 28.8 Å².